The zero-order valence-electron chi connectivity index (χ0n) is 17.0. The molecule has 1 atom stereocenters. The number of carbonyl (C=O) groups is 1. The smallest absolute Gasteiger partial charge is 0.231 e. The molecular formula is C20H29N5O3S. The molecule has 0 radical (unpaired) electrons. The average molecular weight is 420 g/mol. The zero-order valence-corrected chi connectivity index (χ0v) is 17.8. The summed E-state index contributed by atoms with van der Waals surface area (Å²) in [7, 11) is -3.17. The predicted molar refractivity (Wildman–Crippen MR) is 109 cm³/mol. The fourth-order valence-corrected chi connectivity index (χ4v) is 7.67. The van der Waals surface area contributed by atoms with Crippen LogP contribution in [0.15, 0.2) is 18.5 Å². The van der Waals surface area contributed by atoms with Crippen LogP contribution in [0.25, 0.3) is 0 Å². The molecule has 5 rings (SSSR count). The van der Waals surface area contributed by atoms with Crippen LogP contribution in [0.5, 0.6) is 0 Å². The lowest BCUT2D eigenvalue weighted by Crippen LogP contribution is -2.54. The lowest BCUT2D eigenvalue weighted by molar-refractivity contribution is -0.141. The van der Waals surface area contributed by atoms with Crippen molar-refractivity contribution >= 4 is 21.9 Å². The molecule has 29 heavy (non-hydrogen) atoms. The van der Waals surface area contributed by atoms with Crippen molar-refractivity contribution in [1.82, 2.24) is 19.2 Å². The van der Waals surface area contributed by atoms with Gasteiger partial charge in [0.1, 0.15) is 0 Å². The zero-order chi connectivity index (χ0) is 20.3. The Labute approximate surface area is 172 Å². The first kappa shape index (κ1) is 19.2. The Balaban J connectivity index is 1.46. The summed E-state index contributed by atoms with van der Waals surface area (Å²) in [6, 6.07) is 1.80. The Morgan fingerprint density at radius 2 is 1.76 bits per heavy atom. The van der Waals surface area contributed by atoms with Crippen LogP contribution in [0.1, 0.15) is 39.0 Å². The van der Waals surface area contributed by atoms with Crippen molar-refractivity contribution < 1.29 is 13.2 Å². The molecule has 4 fully saturated rings. The first-order valence-electron chi connectivity index (χ1n) is 10.7. The van der Waals surface area contributed by atoms with Gasteiger partial charge >= 0.3 is 0 Å². The number of aromatic nitrogens is 2. The molecule has 1 amide bonds. The summed E-state index contributed by atoms with van der Waals surface area (Å²) in [4.78, 5) is 26.5. The Morgan fingerprint density at radius 3 is 2.34 bits per heavy atom. The highest BCUT2D eigenvalue weighted by Gasteiger charge is 2.66. The predicted octanol–water partition coefficient (Wildman–Crippen LogP) is 1.11. The molecule has 1 aliphatic carbocycles. The molecule has 1 aromatic heterocycles. The van der Waals surface area contributed by atoms with Crippen LogP contribution >= 0.6 is 0 Å². The van der Waals surface area contributed by atoms with Gasteiger partial charge in [-0.25, -0.2) is 22.7 Å². The fraction of sp³-hybridized carbons (Fsp3) is 0.750. The molecule has 3 saturated heterocycles. The molecule has 158 valence electrons. The highest BCUT2D eigenvalue weighted by Crippen LogP contribution is 2.58. The molecule has 0 bridgehead atoms. The van der Waals surface area contributed by atoms with Crippen LogP contribution in [0.2, 0.25) is 0 Å². The summed E-state index contributed by atoms with van der Waals surface area (Å²) < 4.78 is 27.1. The van der Waals surface area contributed by atoms with Crippen molar-refractivity contribution in [2.75, 3.05) is 44.2 Å². The first-order valence-corrected chi connectivity index (χ1v) is 12.2. The standard InChI is InChI=1S/C20H29N5O3S/c1-2-23-11-8-20(17(23)26)15-24(18-21-9-3-10-22-18)14-19(20)6-12-25(13-7-19)29(27,28)16-4-5-16/h3,9-10,16H,2,4-8,11-15H2,1H3. The Hall–Kier alpha value is -1.74. The van der Waals surface area contributed by atoms with Crippen molar-refractivity contribution in [2.45, 2.75) is 44.3 Å². The lowest BCUT2D eigenvalue weighted by atomic mass is 9.60. The van der Waals surface area contributed by atoms with Gasteiger partial charge in [-0.3, -0.25) is 4.79 Å². The second-order valence-corrected chi connectivity index (χ2v) is 11.3. The average Bonchev–Trinajstić information content (AvgIpc) is 3.49. The lowest BCUT2D eigenvalue weighted by Gasteiger charge is -2.46. The number of hydrogen-bond acceptors (Lipinski definition) is 6. The summed E-state index contributed by atoms with van der Waals surface area (Å²) in [6.07, 6.45) is 7.34. The van der Waals surface area contributed by atoms with Crippen LogP contribution in [0.4, 0.5) is 5.95 Å². The normalized spacial score (nSPS) is 30.0. The maximum atomic E-state index is 13.5. The number of hydrogen-bond donors (Lipinski definition) is 0. The van der Waals surface area contributed by atoms with Gasteiger partial charge in [0.2, 0.25) is 21.9 Å². The van der Waals surface area contributed by atoms with Crippen molar-refractivity contribution in [1.29, 1.82) is 0 Å². The third kappa shape index (κ3) is 2.80. The van der Waals surface area contributed by atoms with E-state index in [1.54, 1.807) is 22.8 Å². The molecule has 1 unspecified atom stereocenters. The van der Waals surface area contributed by atoms with Crippen LogP contribution in [-0.4, -0.2) is 78.0 Å². The summed E-state index contributed by atoms with van der Waals surface area (Å²) in [6.45, 7) is 5.92. The molecule has 1 aromatic rings. The van der Waals surface area contributed by atoms with Crippen LogP contribution in [-0.2, 0) is 14.8 Å². The minimum Gasteiger partial charge on any atom is -0.342 e. The van der Waals surface area contributed by atoms with Gasteiger partial charge in [0.15, 0.2) is 0 Å². The van der Waals surface area contributed by atoms with Gasteiger partial charge in [0.05, 0.1) is 10.7 Å². The monoisotopic (exact) mass is 419 g/mol. The largest absolute Gasteiger partial charge is 0.342 e. The summed E-state index contributed by atoms with van der Waals surface area (Å²) in [5, 5.41) is -0.174. The molecule has 0 N–H and O–H groups in total. The third-order valence-corrected chi connectivity index (χ3v) is 10.1. The topological polar surface area (TPSA) is 86.7 Å². The molecule has 9 heteroatoms. The van der Waals surface area contributed by atoms with Gasteiger partial charge in [-0.2, -0.15) is 0 Å². The van der Waals surface area contributed by atoms with E-state index in [4.69, 9.17) is 0 Å². The molecule has 1 saturated carbocycles. The highest BCUT2D eigenvalue weighted by atomic mass is 32.2. The quantitative estimate of drug-likeness (QED) is 0.727. The number of nitrogens with zero attached hydrogens (tertiary/aromatic N) is 5. The molecule has 3 aliphatic heterocycles. The van der Waals surface area contributed by atoms with Crippen LogP contribution < -0.4 is 4.90 Å². The van der Waals surface area contributed by atoms with Gasteiger partial charge < -0.3 is 9.80 Å². The maximum absolute atomic E-state index is 13.5. The van der Waals surface area contributed by atoms with Crippen molar-refractivity contribution in [2.24, 2.45) is 10.8 Å². The van der Waals surface area contributed by atoms with E-state index in [2.05, 4.69) is 14.9 Å². The number of rotatable bonds is 4. The van der Waals surface area contributed by atoms with E-state index in [1.165, 1.54) is 0 Å². The number of piperidine rings is 1. The first-order chi connectivity index (χ1) is 13.9. The number of amides is 1. The number of fused-ring (bicyclic) bond motifs is 1. The van der Waals surface area contributed by atoms with E-state index in [1.807, 2.05) is 11.8 Å². The van der Waals surface area contributed by atoms with E-state index >= 15 is 0 Å². The number of carbonyl (C=O) groups excluding carboxylic acids is 1. The van der Waals surface area contributed by atoms with E-state index in [9.17, 15) is 13.2 Å². The van der Waals surface area contributed by atoms with Crippen LogP contribution in [0, 0.1) is 10.8 Å². The van der Waals surface area contributed by atoms with Crippen molar-refractivity contribution in [3.05, 3.63) is 18.5 Å². The molecule has 8 nitrogen and oxygen atoms in total. The van der Waals surface area contributed by atoms with Crippen molar-refractivity contribution in [3.8, 4) is 0 Å². The van der Waals surface area contributed by atoms with Gasteiger partial charge in [0.25, 0.3) is 0 Å². The fourth-order valence-electron chi connectivity index (χ4n) is 5.82. The van der Waals surface area contributed by atoms with Gasteiger partial charge in [-0.1, -0.05) is 0 Å². The molecule has 2 spiro atoms. The van der Waals surface area contributed by atoms with E-state index < -0.39 is 15.4 Å². The highest BCUT2D eigenvalue weighted by molar-refractivity contribution is 7.90. The molecule has 4 aliphatic rings. The van der Waals surface area contributed by atoms with E-state index in [0.717, 1.165) is 51.7 Å². The van der Waals surface area contributed by atoms with Crippen LogP contribution in [0.3, 0.4) is 0 Å². The molecule has 0 aromatic carbocycles. The SMILES string of the molecule is CCN1CCC2(CN(c3ncccn3)CC23CCN(S(=O)(=O)C2CC2)CC3)C1=O. The number of anilines is 1. The summed E-state index contributed by atoms with van der Waals surface area (Å²) >= 11 is 0. The minimum absolute atomic E-state index is 0.174. The van der Waals surface area contributed by atoms with E-state index in [0.29, 0.717) is 25.6 Å². The van der Waals surface area contributed by atoms with Gasteiger partial charge in [-0.05, 0) is 45.1 Å². The second kappa shape index (κ2) is 6.63. The van der Waals surface area contributed by atoms with Crippen molar-refractivity contribution in [3.63, 3.8) is 0 Å². The van der Waals surface area contributed by atoms with Gasteiger partial charge in [-0.15, -0.1) is 0 Å². The minimum atomic E-state index is -3.17. The maximum Gasteiger partial charge on any atom is 0.231 e. The Bertz CT molecular complexity index is 896. The van der Waals surface area contributed by atoms with E-state index in [-0.39, 0.29) is 16.6 Å². The second-order valence-electron chi connectivity index (χ2n) is 9.05. The third-order valence-electron chi connectivity index (χ3n) is 7.68. The molecule has 4 heterocycles. The number of sulfonamides is 1. The molecular weight excluding hydrogens is 390 g/mol. The van der Waals surface area contributed by atoms with Gasteiger partial charge in [0, 0.05) is 57.1 Å². The summed E-state index contributed by atoms with van der Waals surface area (Å²) in [5.41, 5.74) is -0.680. The Kier molecular flexibility index (Phi) is 4.40. The Morgan fingerprint density at radius 1 is 1.07 bits per heavy atom. The summed E-state index contributed by atoms with van der Waals surface area (Å²) in [5.74, 6) is 0.900. The number of likely N-dealkylation sites (tertiary alicyclic amines) is 1.